The van der Waals surface area contributed by atoms with Gasteiger partial charge in [0.2, 0.25) is 0 Å². The molecule has 1 atom stereocenters. The quantitative estimate of drug-likeness (QED) is 0.808. The number of alkyl halides is 3. The molecule has 0 saturated heterocycles. The molecule has 0 bridgehead atoms. The van der Waals surface area contributed by atoms with E-state index < -0.39 is 23.0 Å². The van der Waals surface area contributed by atoms with Gasteiger partial charge in [0.05, 0.1) is 18.8 Å². The van der Waals surface area contributed by atoms with Crippen LogP contribution < -0.4 is 4.74 Å². The van der Waals surface area contributed by atoms with Crippen molar-refractivity contribution in [1.82, 2.24) is 0 Å². The number of hydrogen-bond acceptors (Lipinski definition) is 3. The highest BCUT2D eigenvalue weighted by Gasteiger charge is 2.30. The fourth-order valence-corrected chi connectivity index (χ4v) is 2.74. The number of ether oxygens (including phenoxy) is 1. The number of hydrogen-bond donors (Lipinski definition) is 0. The summed E-state index contributed by atoms with van der Waals surface area (Å²) in [7, 11) is 1.58. The molecule has 0 aliphatic rings. The highest BCUT2D eigenvalue weighted by molar-refractivity contribution is 8.13. The van der Waals surface area contributed by atoms with Crippen molar-refractivity contribution in [2.75, 3.05) is 12.9 Å². The summed E-state index contributed by atoms with van der Waals surface area (Å²) in [6.07, 6.45) is -4.33. The number of halogens is 3. The van der Waals surface area contributed by atoms with Crippen molar-refractivity contribution in [3.05, 3.63) is 42.0 Å². The summed E-state index contributed by atoms with van der Waals surface area (Å²) in [6, 6.07) is 11.0. The second-order valence-corrected chi connectivity index (χ2v) is 5.90. The monoisotopic (exact) mass is 328 g/mol. The third-order valence-electron chi connectivity index (χ3n) is 3.30. The van der Waals surface area contributed by atoms with Gasteiger partial charge in [0.25, 0.3) is 0 Å². The first-order chi connectivity index (χ1) is 10.3. The lowest BCUT2D eigenvalue weighted by Gasteiger charge is -2.12. The van der Waals surface area contributed by atoms with Crippen LogP contribution in [0.3, 0.4) is 0 Å². The number of carbonyl (C=O) groups excluding carboxylic acids is 1. The van der Waals surface area contributed by atoms with Crippen LogP contribution in [0.4, 0.5) is 13.2 Å². The minimum atomic E-state index is -4.33. The molecule has 2 aromatic rings. The Kier molecular flexibility index (Phi) is 5.01. The number of rotatable bonds is 4. The Morgan fingerprint density at radius 1 is 1.18 bits per heavy atom. The van der Waals surface area contributed by atoms with E-state index >= 15 is 0 Å². The Bertz CT molecular complexity index is 683. The lowest BCUT2D eigenvalue weighted by Crippen LogP contribution is -2.15. The Labute approximate surface area is 130 Å². The minimum Gasteiger partial charge on any atom is -0.497 e. The van der Waals surface area contributed by atoms with E-state index in [4.69, 9.17) is 4.74 Å². The molecule has 1 unspecified atom stereocenters. The molecule has 0 saturated carbocycles. The van der Waals surface area contributed by atoms with Crippen molar-refractivity contribution in [2.45, 2.75) is 19.0 Å². The van der Waals surface area contributed by atoms with E-state index in [2.05, 4.69) is 0 Å². The average molecular weight is 328 g/mol. The lowest BCUT2D eigenvalue weighted by atomic mass is 9.99. The molecule has 0 amide bonds. The molecule has 0 aliphatic heterocycles. The van der Waals surface area contributed by atoms with Gasteiger partial charge in [0.15, 0.2) is 5.12 Å². The molecule has 6 heteroatoms. The van der Waals surface area contributed by atoms with Gasteiger partial charge in [-0.25, -0.2) is 0 Å². The smallest absolute Gasteiger partial charge is 0.398 e. The van der Waals surface area contributed by atoms with Gasteiger partial charge in [0, 0.05) is 0 Å². The van der Waals surface area contributed by atoms with Gasteiger partial charge in [-0.15, -0.1) is 0 Å². The van der Waals surface area contributed by atoms with E-state index in [1.165, 1.54) is 0 Å². The van der Waals surface area contributed by atoms with Crippen molar-refractivity contribution in [3.8, 4) is 5.75 Å². The van der Waals surface area contributed by atoms with Gasteiger partial charge in [-0.2, -0.15) is 13.2 Å². The molecule has 0 heterocycles. The topological polar surface area (TPSA) is 26.3 Å². The van der Waals surface area contributed by atoms with Crippen LogP contribution in [0.5, 0.6) is 5.75 Å². The summed E-state index contributed by atoms with van der Waals surface area (Å²) >= 11 is 0.314. The summed E-state index contributed by atoms with van der Waals surface area (Å²) in [4.78, 5) is 11.9. The molecule has 0 N–H and O–H groups in total. The van der Waals surface area contributed by atoms with Crippen LogP contribution in [-0.4, -0.2) is 24.2 Å². The lowest BCUT2D eigenvalue weighted by molar-refractivity contribution is -0.114. The molecule has 0 fully saturated rings. The summed E-state index contributed by atoms with van der Waals surface area (Å²) in [6.45, 7) is 1.62. The molecule has 118 valence electrons. The molecule has 0 aromatic heterocycles. The molecule has 0 radical (unpaired) electrons. The van der Waals surface area contributed by atoms with E-state index in [1.54, 1.807) is 26.2 Å². The molecule has 0 aliphatic carbocycles. The van der Waals surface area contributed by atoms with Crippen LogP contribution in [0.2, 0.25) is 0 Å². The molecular formula is C16H15F3O2S. The number of thioether (sulfide) groups is 1. The number of fused-ring (bicyclic) bond motifs is 1. The van der Waals surface area contributed by atoms with Crippen LogP contribution in [-0.2, 0) is 4.79 Å². The summed E-state index contributed by atoms with van der Waals surface area (Å²) in [5.74, 6) is -1.01. The molecular weight excluding hydrogens is 313 g/mol. The molecule has 2 nitrogen and oxygen atoms in total. The SMILES string of the molecule is COc1ccc2cc(C(C)C(=O)SCC(F)(F)F)ccc2c1. The van der Waals surface area contributed by atoms with Crippen molar-refractivity contribution >= 4 is 27.6 Å². The predicted molar refractivity (Wildman–Crippen MR) is 82.4 cm³/mol. The van der Waals surface area contributed by atoms with Crippen molar-refractivity contribution in [1.29, 1.82) is 0 Å². The normalized spacial score (nSPS) is 13.1. The summed E-state index contributed by atoms with van der Waals surface area (Å²) < 4.78 is 41.7. The fourth-order valence-electron chi connectivity index (χ4n) is 2.05. The van der Waals surface area contributed by atoms with E-state index in [1.807, 2.05) is 24.3 Å². The van der Waals surface area contributed by atoms with Gasteiger partial charge >= 0.3 is 6.18 Å². The molecule has 22 heavy (non-hydrogen) atoms. The van der Waals surface area contributed by atoms with Gasteiger partial charge in [-0.1, -0.05) is 43.0 Å². The van der Waals surface area contributed by atoms with Gasteiger partial charge in [0.1, 0.15) is 5.75 Å². The van der Waals surface area contributed by atoms with E-state index in [-0.39, 0.29) is 0 Å². The van der Waals surface area contributed by atoms with Crippen LogP contribution >= 0.6 is 11.8 Å². The molecule has 2 rings (SSSR count). The Balaban J connectivity index is 2.17. The van der Waals surface area contributed by atoms with Gasteiger partial charge in [-0.3, -0.25) is 4.79 Å². The number of carbonyl (C=O) groups is 1. The summed E-state index contributed by atoms with van der Waals surface area (Å²) in [5.41, 5.74) is 0.706. The van der Waals surface area contributed by atoms with E-state index in [0.29, 0.717) is 17.3 Å². The van der Waals surface area contributed by atoms with Crippen LogP contribution in [0.25, 0.3) is 10.8 Å². The Hall–Kier alpha value is -1.69. The van der Waals surface area contributed by atoms with Gasteiger partial charge < -0.3 is 4.74 Å². The highest BCUT2D eigenvalue weighted by Crippen LogP contribution is 2.30. The maximum Gasteiger partial charge on any atom is 0.398 e. The van der Waals surface area contributed by atoms with Crippen molar-refractivity contribution < 1.29 is 22.7 Å². The van der Waals surface area contributed by atoms with E-state index in [0.717, 1.165) is 16.5 Å². The Morgan fingerprint density at radius 3 is 2.45 bits per heavy atom. The average Bonchev–Trinajstić information content (AvgIpc) is 2.50. The van der Waals surface area contributed by atoms with Crippen molar-refractivity contribution in [3.63, 3.8) is 0 Å². The van der Waals surface area contributed by atoms with Crippen LogP contribution in [0.1, 0.15) is 18.4 Å². The zero-order valence-electron chi connectivity index (χ0n) is 12.1. The maximum atomic E-state index is 12.2. The number of benzene rings is 2. The van der Waals surface area contributed by atoms with E-state index in [9.17, 15) is 18.0 Å². The van der Waals surface area contributed by atoms with Crippen LogP contribution in [0, 0.1) is 0 Å². The first-order valence-corrected chi connectivity index (χ1v) is 7.60. The third-order valence-corrected chi connectivity index (χ3v) is 4.41. The fraction of sp³-hybridized carbons (Fsp3) is 0.312. The minimum absolute atomic E-state index is 0.314. The first kappa shape index (κ1) is 16.7. The summed E-state index contributed by atoms with van der Waals surface area (Å²) in [5, 5.41) is 1.38. The highest BCUT2D eigenvalue weighted by atomic mass is 32.2. The standard InChI is InChI=1S/C16H15F3O2S/c1-10(15(20)22-9-16(17,18)19)11-3-4-13-8-14(21-2)6-5-12(13)7-11/h3-8,10H,9H2,1-2H3. The second-order valence-electron chi connectivity index (χ2n) is 4.92. The van der Waals surface area contributed by atoms with Gasteiger partial charge in [-0.05, 0) is 28.5 Å². The zero-order valence-corrected chi connectivity index (χ0v) is 12.9. The van der Waals surface area contributed by atoms with Crippen molar-refractivity contribution in [2.24, 2.45) is 0 Å². The molecule has 2 aromatic carbocycles. The Morgan fingerprint density at radius 2 is 1.82 bits per heavy atom. The maximum absolute atomic E-state index is 12.2. The third kappa shape index (κ3) is 4.16. The second kappa shape index (κ2) is 6.60. The molecule has 0 spiro atoms. The predicted octanol–water partition coefficient (Wildman–Crippen LogP) is 4.77. The number of methoxy groups -OCH3 is 1. The largest absolute Gasteiger partial charge is 0.497 e. The zero-order chi connectivity index (χ0) is 16.3. The first-order valence-electron chi connectivity index (χ1n) is 6.61. The van der Waals surface area contributed by atoms with Crippen LogP contribution in [0.15, 0.2) is 36.4 Å².